The number of carboxylic acids is 1. The highest BCUT2D eigenvalue weighted by molar-refractivity contribution is 6.40. The van der Waals surface area contributed by atoms with Crippen molar-refractivity contribution in [1.29, 1.82) is 0 Å². The summed E-state index contributed by atoms with van der Waals surface area (Å²) in [4.78, 5) is 34.6. The maximum absolute atomic E-state index is 11.9. The van der Waals surface area contributed by atoms with E-state index in [2.05, 4.69) is 0 Å². The van der Waals surface area contributed by atoms with Crippen LogP contribution >= 0.6 is 0 Å². The van der Waals surface area contributed by atoms with Gasteiger partial charge in [-0.3, -0.25) is 4.79 Å². The van der Waals surface area contributed by atoms with Gasteiger partial charge in [-0.1, -0.05) is 0 Å². The lowest BCUT2D eigenvalue weighted by Crippen LogP contribution is -2.18. The predicted molar refractivity (Wildman–Crippen MR) is 65.4 cm³/mol. The summed E-state index contributed by atoms with van der Waals surface area (Å²) in [6.45, 7) is 4.09. The third-order valence-corrected chi connectivity index (χ3v) is 3.30. The minimum absolute atomic E-state index is 0.100. The molecule has 1 aliphatic heterocycles. The molecular weight excluding hydrogens is 250 g/mol. The summed E-state index contributed by atoms with van der Waals surface area (Å²) in [5.74, 6) is -2.98. The number of fused-ring (bicyclic) bond motifs is 1. The van der Waals surface area contributed by atoms with Gasteiger partial charge in [-0.15, -0.1) is 0 Å². The number of carboxylic acid groups (broad SMARTS) is 1. The first-order valence-corrected chi connectivity index (χ1v) is 6.15. The second-order valence-electron chi connectivity index (χ2n) is 4.41. The maximum Gasteiger partial charge on any atom is 0.378 e. The third kappa shape index (κ3) is 2.03. The number of aliphatic carboxylic acids is 1. The number of ketones is 1. The van der Waals surface area contributed by atoms with Gasteiger partial charge in [0.2, 0.25) is 0 Å². The molecule has 0 amide bonds. The molecule has 0 aliphatic carbocycles. The van der Waals surface area contributed by atoms with Crippen molar-refractivity contribution in [2.45, 2.75) is 33.2 Å². The normalized spacial score (nSPS) is 13.2. The van der Waals surface area contributed by atoms with Crippen LogP contribution in [0.4, 0.5) is 0 Å². The van der Waals surface area contributed by atoms with E-state index in [1.807, 2.05) is 0 Å². The summed E-state index contributed by atoms with van der Waals surface area (Å²) in [6.07, 6.45) is 1.45. The fourth-order valence-electron chi connectivity index (χ4n) is 2.59. The molecule has 0 unspecified atom stereocenters. The van der Waals surface area contributed by atoms with Crippen molar-refractivity contribution in [2.75, 3.05) is 6.61 Å². The Morgan fingerprint density at radius 3 is 2.63 bits per heavy atom. The zero-order chi connectivity index (χ0) is 14.2. The van der Waals surface area contributed by atoms with E-state index in [4.69, 9.17) is 9.84 Å². The van der Waals surface area contributed by atoms with Crippen LogP contribution in [0.5, 0.6) is 0 Å². The lowest BCUT2D eigenvalue weighted by molar-refractivity contribution is -0.131. The van der Waals surface area contributed by atoms with E-state index >= 15 is 0 Å². The third-order valence-electron chi connectivity index (χ3n) is 3.30. The molecule has 0 aromatic carbocycles. The van der Waals surface area contributed by atoms with Crippen LogP contribution in [0.2, 0.25) is 0 Å². The van der Waals surface area contributed by atoms with Crippen LogP contribution in [0.3, 0.4) is 0 Å². The average Bonchev–Trinajstić information content (AvgIpc) is 2.87. The van der Waals surface area contributed by atoms with Crippen molar-refractivity contribution in [2.24, 2.45) is 0 Å². The van der Waals surface area contributed by atoms with Gasteiger partial charge < -0.3 is 14.4 Å². The molecule has 6 nitrogen and oxygen atoms in total. The Balaban J connectivity index is 2.58. The molecule has 0 saturated carbocycles. The van der Waals surface area contributed by atoms with Crippen molar-refractivity contribution < 1.29 is 24.2 Å². The number of hydrogen-bond acceptors (Lipinski definition) is 4. The SMILES string of the molecule is CCOC(=O)c1c(C)c(C(=O)C(=O)O)n2c1CCC2. The van der Waals surface area contributed by atoms with Crippen LogP contribution in [0.25, 0.3) is 0 Å². The molecule has 6 heteroatoms. The largest absolute Gasteiger partial charge is 0.475 e. The Kier molecular flexibility index (Phi) is 3.42. The van der Waals surface area contributed by atoms with Crippen LogP contribution in [0, 0.1) is 6.92 Å². The second-order valence-corrected chi connectivity index (χ2v) is 4.41. The molecule has 1 N–H and O–H groups in total. The van der Waals surface area contributed by atoms with Gasteiger partial charge in [0.15, 0.2) is 0 Å². The summed E-state index contributed by atoms with van der Waals surface area (Å²) in [5, 5.41) is 8.86. The van der Waals surface area contributed by atoms with E-state index in [1.165, 1.54) is 0 Å². The first-order chi connectivity index (χ1) is 8.99. The highest BCUT2D eigenvalue weighted by Crippen LogP contribution is 2.29. The molecule has 0 atom stereocenters. The average molecular weight is 265 g/mol. The molecule has 19 heavy (non-hydrogen) atoms. The molecule has 2 rings (SSSR count). The first kappa shape index (κ1) is 13.3. The lowest BCUT2D eigenvalue weighted by atomic mass is 10.1. The molecule has 1 aromatic rings. The number of ether oxygens (including phenoxy) is 1. The van der Waals surface area contributed by atoms with Crippen LogP contribution < -0.4 is 0 Å². The topological polar surface area (TPSA) is 85.6 Å². The number of nitrogens with zero attached hydrogens (tertiary/aromatic N) is 1. The Hall–Kier alpha value is -2.11. The molecular formula is C13H15NO5. The zero-order valence-electron chi connectivity index (χ0n) is 10.9. The number of rotatable bonds is 4. The van der Waals surface area contributed by atoms with Crippen molar-refractivity contribution in [1.82, 2.24) is 4.57 Å². The number of aromatic nitrogens is 1. The molecule has 0 saturated heterocycles. The Bertz CT molecular complexity index is 570. The van der Waals surface area contributed by atoms with Gasteiger partial charge in [0.05, 0.1) is 12.2 Å². The molecule has 1 aliphatic rings. The van der Waals surface area contributed by atoms with Crippen molar-refractivity contribution in [3.63, 3.8) is 0 Å². The number of esters is 1. The Morgan fingerprint density at radius 2 is 2.05 bits per heavy atom. The predicted octanol–water partition coefficient (Wildman–Crippen LogP) is 1.19. The van der Waals surface area contributed by atoms with E-state index < -0.39 is 17.7 Å². The quantitative estimate of drug-likeness (QED) is 0.502. The van der Waals surface area contributed by atoms with Crippen LogP contribution in [0.15, 0.2) is 0 Å². The fourth-order valence-corrected chi connectivity index (χ4v) is 2.59. The summed E-state index contributed by atoms with van der Waals surface area (Å²) in [6, 6.07) is 0. The smallest absolute Gasteiger partial charge is 0.378 e. The van der Waals surface area contributed by atoms with Gasteiger partial charge in [0.25, 0.3) is 5.78 Å². The highest BCUT2D eigenvalue weighted by Gasteiger charge is 2.33. The van der Waals surface area contributed by atoms with Crippen LogP contribution in [-0.4, -0.2) is 34.0 Å². The maximum atomic E-state index is 11.9. The van der Waals surface area contributed by atoms with Gasteiger partial charge in [-0.2, -0.15) is 0 Å². The molecule has 2 heterocycles. The van der Waals surface area contributed by atoms with E-state index in [1.54, 1.807) is 18.4 Å². The second kappa shape index (κ2) is 4.87. The number of carbonyl (C=O) groups is 3. The molecule has 1 aromatic heterocycles. The van der Waals surface area contributed by atoms with Crippen molar-refractivity contribution >= 4 is 17.7 Å². The fraction of sp³-hybridized carbons (Fsp3) is 0.462. The molecule has 102 valence electrons. The molecule has 0 bridgehead atoms. The number of Topliss-reactive ketones (excluding diaryl/α,β-unsaturated/α-hetero) is 1. The van der Waals surface area contributed by atoms with Gasteiger partial charge in [0.1, 0.15) is 5.69 Å². The summed E-state index contributed by atoms with van der Waals surface area (Å²) in [5.41, 5.74) is 1.56. The minimum atomic E-state index is -1.51. The number of carbonyl (C=O) groups excluding carboxylic acids is 2. The summed E-state index contributed by atoms with van der Waals surface area (Å²) < 4.78 is 6.61. The van der Waals surface area contributed by atoms with Crippen LogP contribution in [0.1, 0.15) is 45.4 Å². The van der Waals surface area contributed by atoms with E-state index in [0.29, 0.717) is 29.8 Å². The number of hydrogen-bond donors (Lipinski definition) is 1. The minimum Gasteiger partial charge on any atom is -0.475 e. The van der Waals surface area contributed by atoms with E-state index in [-0.39, 0.29) is 12.3 Å². The summed E-state index contributed by atoms with van der Waals surface area (Å²) >= 11 is 0. The van der Waals surface area contributed by atoms with Gasteiger partial charge >= 0.3 is 11.9 Å². The zero-order valence-corrected chi connectivity index (χ0v) is 10.9. The monoisotopic (exact) mass is 265 g/mol. The molecule has 0 radical (unpaired) electrons. The lowest BCUT2D eigenvalue weighted by Gasteiger charge is -2.03. The van der Waals surface area contributed by atoms with E-state index in [0.717, 1.165) is 6.42 Å². The van der Waals surface area contributed by atoms with Crippen molar-refractivity contribution in [3.05, 3.63) is 22.5 Å². The first-order valence-electron chi connectivity index (χ1n) is 6.15. The molecule has 0 fully saturated rings. The summed E-state index contributed by atoms with van der Waals surface area (Å²) in [7, 11) is 0. The molecule has 0 spiro atoms. The van der Waals surface area contributed by atoms with Crippen LogP contribution in [-0.2, 0) is 22.5 Å². The Morgan fingerprint density at radius 1 is 1.37 bits per heavy atom. The Labute approximate surface area is 110 Å². The van der Waals surface area contributed by atoms with Gasteiger partial charge in [0, 0.05) is 12.2 Å². The van der Waals surface area contributed by atoms with Gasteiger partial charge in [-0.25, -0.2) is 9.59 Å². The van der Waals surface area contributed by atoms with E-state index in [9.17, 15) is 14.4 Å². The van der Waals surface area contributed by atoms with Crippen molar-refractivity contribution in [3.8, 4) is 0 Å². The highest BCUT2D eigenvalue weighted by atomic mass is 16.5. The standard InChI is InChI=1S/C13H15NO5/c1-3-19-13(18)9-7(2)10(11(15)12(16)17)14-6-4-5-8(9)14/h3-6H2,1-2H3,(H,16,17). The van der Waals surface area contributed by atoms with Gasteiger partial charge in [-0.05, 0) is 32.3 Å².